The molecule has 0 amide bonds. The number of nitrogens with zero attached hydrogens (tertiary/aromatic N) is 1. The summed E-state index contributed by atoms with van der Waals surface area (Å²) < 4.78 is 0. The monoisotopic (exact) mass is 323 g/mol. The zero-order chi connectivity index (χ0) is 15.4. The third-order valence-electron chi connectivity index (χ3n) is 3.02. The molecule has 2 aromatic rings. The second kappa shape index (κ2) is 6.70. The van der Waals surface area contributed by atoms with E-state index in [9.17, 15) is 0 Å². The zero-order valence-electron chi connectivity index (χ0n) is 11.4. The van der Waals surface area contributed by atoms with E-state index >= 15 is 0 Å². The second-order valence-electron chi connectivity index (χ2n) is 4.53. The molecule has 0 aromatic heterocycles. The first-order valence-electron chi connectivity index (χ1n) is 6.24. The maximum absolute atomic E-state index is 5.95. The lowest BCUT2D eigenvalue weighted by atomic mass is 10.1. The van der Waals surface area contributed by atoms with Gasteiger partial charge in [-0.3, -0.25) is 0 Å². The minimum absolute atomic E-state index is 0.187. The molecule has 110 valence electrons. The largest absolute Gasteiger partial charge is 0.396 e. The molecule has 0 aliphatic heterocycles. The molecule has 0 spiro atoms. The number of nitrogens with two attached hydrogens (primary N) is 2. The first-order valence-corrected chi connectivity index (χ1v) is 6.99. The second-order valence-corrected chi connectivity index (χ2v) is 5.34. The van der Waals surface area contributed by atoms with E-state index in [0.29, 0.717) is 27.9 Å². The van der Waals surface area contributed by atoms with Gasteiger partial charge >= 0.3 is 0 Å². The molecule has 0 atom stereocenters. The summed E-state index contributed by atoms with van der Waals surface area (Å²) in [5, 5.41) is 4.54. The smallest absolute Gasteiger partial charge is 0.170 e. The topological polar surface area (TPSA) is 73.6 Å². The van der Waals surface area contributed by atoms with Crippen molar-refractivity contribution in [3.8, 4) is 0 Å². The Morgan fingerprint density at radius 1 is 1.19 bits per heavy atom. The molecule has 0 aliphatic carbocycles. The van der Waals surface area contributed by atoms with Crippen molar-refractivity contribution in [2.45, 2.75) is 13.5 Å². The Balaban J connectivity index is 2.10. The normalized spacial score (nSPS) is 11.5. The Kier molecular flexibility index (Phi) is 4.94. The number of halogens is 2. The van der Waals surface area contributed by atoms with Crippen molar-refractivity contribution in [3.05, 3.63) is 63.1 Å². The molecule has 0 aliphatic rings. The number of nitrogen functional groups attached to an aromatic ring is 1. The molecular weight excluding hydrogens is 309 g/mol. The summed E-state index contributed by atoms with van der Waals surface area (Å²) >= 11 is 11.9. The minimum atomic E-state index is 0.187. The van der Waals surface area contributed by atoms with Gasteiger partial charge in [0.25, 0.3) is 0 Å². The molecule has 0 unspecified atom stereocenters. The van der Waals surface area contributed by atoms with Crippen LogP contribution >= 0.6 is 23.2 Å². The van der Waals surface area contributed by atoms with Crippen LogP contribution in [0.15, 0.2) is 41.6 Å². The molecule has 0 bridgehead atoms. The minimum Gasteiger partial charge on any atom is -0.396 e. The predicted octanol–water partition coefficient (Wildman–Crippen LogP) is 3.72. The molecule has 0 saturated heterocycles. The lowest BCUT2D eigenvalue weighted by molar-refractivity contribution is 0.130. The van der Waals surface area contributed by atoms with E-state index in [1.807, 2.05) is 31.2 Å². The van der Waals surface area contributed by atoms with Crippen molar-refractivity contribution in [1.82, 2.24) is 0 Å². The predicted molar refractivity (Wildman–Crippen MR) is 87.6 cm³/mol. The number of oxime groups is 1. The summed E-state index contributed by atoms with van der Waals surface area (Å²) in [5.74, 6) is 0.187. The highest BCUT2D eigenvalue weighted by Crippen LogP contribution is 2.28. The third-order valence-corrected chi connectivity index (χ3v) is 3.64. The lowest BCUT2D eigenvalue weighted by Gasteiger charge is -2.07. The van der Waals surface area contributed by atoms with Gasteiger partial charge in [0.2, 0.25) is 0 Å². The lowest BCUT2D eigenvalue weighted by Crippen LogP contribution is -2.14. The number of hydrogen-bond donors (Lipinski definition) is 2. The first-order chi connectivity index (χ1) is 9.99. The van der Waals surface area contributed by atoms with Gasteiger partial charge in [0.05, 0.1) is 15.7 Å². The number of hydrogen-bond acceptors (Lipinski definition) is 3. The molecule has 2 aromatic carbocycles. The van der Waals surface area contributed by atoms with Crippen LogP contribution in [0.4, 0.5) is 5.69 Å². The van der Waals surface area contributed by atoms with Crippen molar-refractivity contribution in [2.75, 3.05) is 5.73 Å². The summed E-state index contributed by atoms with van der Waals surface area (Å²) in [6.07, 6.45) is 0. The molecule has 0 fully saturated rings. The van der Waals surface area contributed by atoms with Crippen LogP contribution in [0.2, 0.25) is 10.0 Å². The fourth-order valence-electron chi connectivity index (χ4n) is 1.73. The summed E-state index contributed by atoms with van der Waals surface area (Å²) in [5.41, 5.74) is 14.6. The molecule has 0 saturated carbocycles. The zero-order valence-corrected chi connectivity index (χ0v) is 12.9. The number of rotatable bonds is 4. The highest BCUT2D eigenvalue weighted by Gasteiger charge is 2.08. The van der Waals surface area contributed by atoms with Crippen LogP contribution in [-0.2, 0) is 11.4 Å². The highest BCUT2D eigenvalue weighted by molar-refractivity contribution is 6.39. The number of anilines is 1. The Morgan fingerprint density at radius 2 is 1.81 bits per heavy atom. The van der Waals surface area contributed by atoms with Gasteiger partial charge in [0.15, 0.2) is 5.84 Å². The van der Waals surface area contributed by atoms with Crippen LogP contribution in [0.25, 0.3) is 0 Å². The fourth-order valence-corrected chi connectivity index (χ4v) is 2.22. The van der Waals surface area contributed by atoms with Crippen molar-refractivity contribution in [3.63, 3.8) is 0 Å². The van der Waals surface area contributed by atoms with Crippen molar-refractivity contribution in [1.29, 1.82) is 0 Å². The SMILES string of the molecule is Cc1ccccc1CO/N=C(/N)c1cc(Cl)c(N)c(Cl)c1. The van der Waals surface area contributed by atoms with Gasteiger partial charge in [-0.05, 0) is 30.2 Å². The maximum Gasteiger partial charge on any atom is 0.170 e. The highest BCUT2D eigenvalue weighted by atomic mass is 35.5. The van der Waals surface area contributed by atoms with Crippen LogP contribution in [-0.4, -0.2) is 5.84 Å². The van der Waals surface area contributed by atoms with E-state index in [1.54, 1.807) is 12.1 Å². The Bertz CT molecular complexity index is 663. The average Bonchev–Trinajstić information content (AvgIpc) is 2.46. The van der Waals surface area contributed by atoms with Gasteiger partial charge in [-0.1, -0.05) is 52.6 Å². The molecular formula is C15H15Cl2N3O. The Hall–Kier alpha value is -1.91. The summed E-state index contributed by atoms with van der Waals surface area (Å²) in [4.78, 5) is 5.27. The van der Waals surface area contributed by atoms with Crippen LogP contribution < -0.4 is 11.5 Å². The van der Waals surface area contributed by atoms with Crippen LogP contribution in [0, 0.1) is 6.92 Å². The number of aryl methyl sites for hydroxylation is 1. The van der Waals surface area contributed by atoms with Gasteiger partial charge < -0.3 is 16.3 Å². The van der Waals surface area contributed by atoms with E-state index in [-0.39, 0.29) is 5.84 Å². The molecule has 21 heavy (non-hydrogen) atoms. The van der Waals surface area contributed by atoms with Gasteiger partial charge in [0.1, 0.15) is 6.61 Å². The van der Waals surface area contributed by atoms with E-state index in [0.717, 1.165) is 11.1 Å². The molecule has 0 radical (unpaired) electrons. The fraction of sp³-hybridized carbons (Fsp3) is 0.133. The summed E-state index contributed by atoms with van der Waals surface area (Å²) in [6.45, 7) is 2.34. The molecule has 6 heteroatoms. The van der Waals surface area contributed by atoms with Gasteiger partial charge in [0, 0.05) is 5.56 Å². The van der Waals surface area contributed by atoms with Gasteiger partial charge in [-0.2, -0.15) is 0 Å². The van der Waals surface area contributed by atoms with Crippen LogP contribution in [0.5, 0.6) is 0 Å². The first kappa shape index (κ1) is 15.5. The van der Waals surface area contributed by atoms with E-state index in [1.165, 1.54) is 0 Å². The van der Waals surface area contributed by atoms with Crippen LogP contribution in [0.1, 0.15) is 16.7 Å². The average molecular weight is 324 g/mol. The van der Waals surface area contributed by atoms with Gasteiger partial charge in [-0.15, -0.1) is 0 Å². The van der Waals surface area contributed by atoms with Crippen molar-refractivity contribution in [2.24, 2.45) is 10.9 Å². The maximum atomic E-state index is 5.95. The molecule has 0 heterocycles. The number of benzene rings is 2. The van der Waals surface area contributed by atoms with E-state index in [2.05, 4.69) is 5.16 Å². The Labute approximate surface area is 133 Å². The summed E-state index contributed by atoms with van der Waals surface area (Å²) in [7, 11) is 0. The van der Waals surface area contributed by atoms with Crippen molar-refractivity contribution < 1.29 is 4.84 Å². The third kappa shape index (κ3) is 3.80. The molecule has 4 N–H and O–H groups in total. The van der Waals surface area contributed by atoms with Crippen LogP contribution in [0.3, 0.4) is 0 Å². The van der Waals surface area contributed by atoms with Gasteiger partial charge in [-0.25, -0.2) is 0 Å². The van der Waals surface area contributed by atoms with Crippen molar-refractivity contribution >= 4 is 34.7 Å². The van der Waals surface area contributed by atoms with E-state index in [4.69, 9.17) is 39.5 Å². The Morgan fingerprint density at radius 3 is 2.43 bits per heavy atom. The quantitative estimate of drug-likeness (QED) is 0.389. The molecule has 2 rings (SSSR count). The van der Waals surface area contributed by atoms with E-state index < -0.39 is 0 Å². The molecule has 4 nitrogen and oxygen atoms in total. The number of amidine groups is 1. The standard InChI is InChI=1S/C15H15Cl2N3O/c1-9-4-2-3-5-10(9)8-21-20-15(19)11-6-12(16)14(18)13(17)7-11/h2-7H,8,18H2,1H3,(H2,19,20). The summed E-state index contributed by atoms with van der Waals surface area (Å²) in [6, 6.07) is 11.1.